The summed E-state index contributed by atoms with van der Waals surface area (Å²) in [6, 6.07) is 15.7. The summed E-state index contributed by atoms with van der Waals surface area (Å²) in [5.74, 6) is -2.87. The van der Waals surface area contributed by atoms with Crippen molar-refractivity contribution in [3.63, 3.8) is 0 Å². The van der Waals surface area contributed by atoms with Gasteiger partial charge in [0.15, 0.2) is 0 Å². The molecule has 3 aromatic carbocycles. The number of ether oxygens (including phenoxy) is 1. The van der Waals surface area contributed by atoms with Gasteiger partial charge in [0.05, 0.1) is 6.61 Å². The molecular weight excluding hydrogens is 506 g/mol. The van der Waals surface area contributed by atoms with Crippen LogP contribution in [0.15, 0.2) is 72.8 Å². The average Bonchev–Trinajstić information content (AvgIpc) is 3.23. The molecule has 1 heterocycles. The zero-order valence-electron chi connectivity index (χ0n) is 19.6. The molecule has 0 saturated carbocycles. The molecule has 0 spiro atoms. The molecule has 0 aromatic heterocycles. The van der Waals surface area contributed by atoms with Crippen molar-refractivity contribution < 1.29 is 39.9 Å². The fraction of sp³-hybridized carbons (Fsp3) is 0.333. The van der Waals surface area contributed by atoms with E-state index in [1.807, 2.05) is 37.3 Å². The van der Waals surface area contributed by atoms with Gasteiger partial charge in [0.25, 0.3) is 5.60 Å². The Hall–Kier alpha value is -2.98. The van der Waals surface area contributed by atoms with E-state index in [1.54, 1.807) is 0 Å². The molecule has 1 aliphatic heterocycles. The van der Waals surface area contributed by atoms with Gasteiger partial charge in [0, 0.05) is 35.5 Å². The van der Waals surface area contributed by atoms with Gasteiger partial charge in [0.1, 0.15) is 11.6 Å². The van der Waals surface area contributed by atoms with Crippen molar-refractivity contribution in [3.05, 3.63) is 107 Å². The third-order valence-electron chi connectivity index (χ3n) is 7.06. The van der Waals surface area contributed by atoms with Crippen molar-refractivity contribution in [3.8, 4) is 0 Å². The maximum atomic E-state index is 14.2. The molecule has 0 aliphatic carbocycles. The number of benzene rings is 3. The van der Waals surface area contributed by atoms with Gasteiger partial charge in [-0.3, -0.25) is 0 Å². The Balaban J connectivity index is 1.74. The molecule has 37 heavy (non-hydrogen) atoms. The minimum Gasteiger partial charge on any atom is -0.349 e. The van der Waals surface area contributed by atoms with Crippen molar-refractivity contribution >= 4 is 0 Å². The first-order chi connectivity index (χ1) is 17.3. The SMILES string of the molecule is CC1(c2ccccc2)CNCC1c1ccc(C(OCc2c(F)cccc2F)(C(F)(F)F)C(F)(F)F)cc1. The summed E-state index contributed by atoms with van der Waals surface area (Å²) >= 11 is 0. The average molecular weight is 529 g/mol. The normalized spacial score (nSPS) is 20.8. The fourth-order valence-corrected chi connectivity index (χ4v) is 4.97. The van der Waals surface area contributed by atoms with E-state index in [1.165, 1.54) is 12.1 Å². The van der Waals surface area contributed by atoms with Gasteiger partial charge >= 0.3 is 12.4 Å². The van der Waals surface area contributed by atoms with E-state index in [0.29, 0.717) is 18.7 Å². The van der Waals surface area contributed by atoms with Crippen LogP contribution >= 0.6 is 0 Å². The number of alkyl halides is 6. The molecule has 1 aliphatic rings. The van der Waals surface area contributed by atoms with E-state index in [9.17, 15) is 35.1 Å². The number of hydrogen-bond donors (Lipinski definition) is 1. The van der Waals surface area contributed by atoms with Gasteiger partial charge in [-0.2, -0.15) is 26.3 Å². The molecule has 2 unspecified atom stereocenters. The van der Waals surface area contributed by atoms with Crippen LogP contribution in [0, 0.1) is 11.6 Å². The summed E-state index contributed by atoms with van der Waals surface area (Å²) in [7, 11) is 0. The van der Waals surface area contributed by atoms with Crippen molar-refractivity contribution in [2.24, 2.45) is 0 Å². The second-order valence-corrected chi connectivity index (χ2v) is 9.25. The predicted octanol–water partition coefficient (Wildman–Crippen LogP) is 7.15. The van der Waals surface area contributed by atoms with Crippen LogP contribution in [0.2, 0.25) is 0 Å². The van der Waals surface area contributed by atoms with Crippen LogP contribution in [0.4, 0.5) is 35.1 Å². The zero-order valence-corrected chi connectivity index (χ0v) is 19.6. The Kier molecular flexibility index (Phi) is 7.11. The van der Waals surface area contributed by atoms with Crippen molar-refractivity contribution in [1.29, 1.82) is 0 Å². The minimum absolute atomic E-state index is 0.233. The van der Waals surface area contributed by atoms with E-state index in [0.717, 1.165) is 35.9 Å². The highest BCUT2D eigenvalue weighted by Gasteiger charge is 2.73. The summed E-state index contributed by atoms with van der Waals surface area (Å²) in [6.45, 7) is 1.42. The van der Waals surface area contributed by atoms with E-state index < -0.39 is 52.7 Å². The molecule has 1 saturated heterocycles. The van der Waals surface area contributed by atoms with Gasteiger partial charge in [-0.05, 0) is 23.3 Å². The Labute approximate surface area is 208 Å². The maximum absolute atomic E-state index is 14.2. The van der Waals surface area contributed by atoms with Gasteiger partial charge in [0.2, 0.25) is 0 Å². The molecule has 1 N–H and O–H groups in total. The lowest BCUT2D eigenvalue weighted by Crippen LogP contribution is -2.55. The van der Waals surface area contributed by atoms with Gasteiger partial charge in [-0.1, -0.05) is 67.6 Å². The van der Waals surface area contributed by atoms with Gasteiger partial charge < -0.3 is 10.1 Å². The molecule has 0 amide bonds. The summed E-state index contributed by atoms with van der Waals surface area (Å²) in [6.07, 6.45) is -12.0. The van der Waals surface area contributed by atoms with Crippen molar-refractivity contribution in [2.75, 3.05) is 13.1 Å². The summed E-state index contributed by atoms with van der Waals surface area (Å²) in [5, 5.41) is 3.25. The highest BCUT2D eigenvalue weighted by molar-refractivity contribution is 5.39. The van der Waals surface area contributed by atoms with E-state index in [2.05, 4.69) is 10.1 Å². The molecular formula is C27H23F8NO. The summed E-state index contributed by atoms with van der Waals surface area (Å²) in [4.78, 5) is 0. The first kappa shape index (κ1) is 27.1. The molecule has 3 aromatic rings. The Bertz CT molecular complexity index is 1190. The van der Waals surface area contributed by atoms with Gasteiger partial charge in [-0.25, -0.2) is 8.78 Å². The molecule has 198 valence electrons. The first-order valence-corrected chi connectivity index (χ1v) is 11.4. The number of halogens is 8. The summed E-state index contributed by atoms with van der Waals surface area (Å²) in [5.41, 5.74) is -6.01. The Morgan fingerprint density at radius 3 is 1.92 bits per heavy atom. The highest BCUT2D eigenvalue weighted by Crippen LogP contribution is 2.54. The minimum atomic E-state index is -5.98. The van der Waals surface area contributed by atoms with Crippen LogP contribution in [0.25, 0.3) is 0 Å². The molecule has 4 rings (SSSR count). The van der Waals surface area contributed by atoms with Crippen LogP contribution in [-0.4, -0.2) is 25.4 Å². The molecule has 10 heteroatoms. The third kappa shape index (κ3) is 4.72. The lowest BCUT2D eigenvalue weighted by Gasteiger charge is -2.38. The van der Waals surface area contributed by atoms with Crippen LogP contribution in [0.5, 0.6) is 0 Å². The number of hydrogen-bond acceptors (Lipinski definition) is 2. The quantitative estimate of drug-likeness (QED) is 0.343. The zero-order chi connectivity index (χ0) is 27.1. The van der Waals surface area contributed by atoms with E-state index >= 15 is 0 Å². The first-order valence-electron chi connectivity index (χ1n) is 11.4. The monoisotopic (exact) mass is 529 g/mol. The lowest BCUT2D eigenvalue weighted by atomic mass is 9.71. The summed E-state index contributed by atoms with van der Waals surface area (Å²) < 4.78 is 117. The smallest absolute Gasteiger partial charge is 0.349 e. The lowest BCUT2D eigenvalue weighted by molar-refractivity contribution is -0.392. The second kappa shape index (κ2) is 9.72. The molecule has 1 fully saturated rings. The van der Waals surface area contributed by atoms with Crippen LogP contribution in [-0.2, 0) is 22.4 Å². The third-order valence-corrected chi connectivity index (χ3v) is 7.06. The second-order valence-electron chi connectivity index (χ2n) is 9.25. The number of nitrogens with one attached hydrogen (secondary N) is 1. The van der Waals surface area contributed by atoms with Crippen molar-refractivity contribution in [1.82, 2.24) is 5.32 Å². The topological polar surface area (TPSA) is 21.3 Å². The maximum Gasteiger partial charge on any atom is 0.430 e. The fourth-order valence-electron chi connectivity index (χ4n) is 4.97. The van der Waals surface area contributed by atoms with E-state index in [-0.39, 0.29) is 5.92 Å². The standard InChI is InChI=1S/C27H23F8NO/c1-24(18-6-3-2-4-7-18)16-36-14-21(24)17-10-12-19(13-11-17)25(26(30,31)32,27(33,34)35)37-15-20-22(28)8-5-9-23(20)29/h2-13,21,36H,14-16H2,1H3. The molecule has 0 bridgehead atoms. The van der Waals surface area contributed by atoms with E-state index in [4.69, 9.17) is 0 Å². The Morgan fingerprint density at radius 1 is 0.811 bits per heavy atom. The van der Waals surface area contributed by atoms with Crippen LogP contribution in [0.3, 0.4) is 0 Å². The predicted molar refractivity (Wildman–Crippen MR) is 121 cm³/mol. The van der Waals surface area contributed by atoms with Gasteiger partial charge in [-0.15, -0.1) is 0 Å². The number of rotatable bonds is 6. The Morgan fingerprint density at radius 2 is 1.38 bits per heavy atom. The molecule has 0 radical (unpaired) electrons. The molecule has 2 atom stereocenters. The largest absolute Gasteiger partial charge is 0.430 e. The van der Waals surface area contributed by atoms with Crippen LogP contribution in [0.1, 0.15) is 35.1 Å². The van der Waals surface area contributed by atoms with Crippen molar-refractivity contribution in [2.45, 2.75) is 42.8 Å². The van der Waals surface area contributed by atoms with Crippen LogP contribution < -0.4 is 5.32 Å². The highest BCUT2D eigenvalue weighted by atomic mass is 19.4. The molecule has 2 nitrogen and oxygen atoms in total.